The molecule has 0 amide bonds. The standard InChI is InChI=1S/C14H20O3/c1-10-5-6-12(9-11(10)2)14(3,13(15)16)7-8-17-4/h5-6,9H,7-8H2,1-4H3,(H,15,16). The molecular formula is C14H20O3. The van der Waals surface area contributed by atoms with E-state index in [0.29, 0.717) is 13.0 Å². The van der Waals surface area contributed by atoms with Crippen LogP contribution in [0.2, 0.25) is 0 Å². The summed E-state index contributed by atoms with van der Waals surface area (Å²) in [5.74, 6) is -0.808. The van der Waals surface area contributed by atoms with Gasteiger partial charge in [0.1, 0.15) is 0 Å². The van der Waals surface area contributed by atoms with E-state index < -0.39 is 11.4 Å². The van der Waals surface area contributed by atoms with Gasteiger partial charge in [-0.05, 0) is 43.9 Å². The number of carboxylic acids is 1. The molecule has 0 heterocycles. The average Bonchev–Trinajstić information content (AvgIpc) is 2.29. The highest BCUT2D eigenvalue weighted by Gasteiger charge is 2.34. The van der Waals surface area contributed by atoms with Gasteiger partial charge >= 0.3 is 5.97 Å². The summed E-state index contributed by atoms with van der Waals surface area (Å²) in [5.41, 5.74) is 2.25. The Kier molecular flexibility index (Phi) is 4.29. The van der Waals surface area contributed by atoms with Crippen molar-refractivity contribution in [3.05, 3.63) is 34.9 Å². The second kappa shape index (κ2) is 5.32. The first-order valence-corrected chi connectivity index (χ1v) is 5.72. The molecule has 1 unspecified atom stereocenters. The molecule has 1 atom stereocenters. The number of methoxy groups -OCH3 is 1. The number of aliphatic carboxylic acids is 1. The van der Waals surface area contributed by atoms with E-state index in [9.17, 15) is 9.90 Å². The number of hydrogen-bond acceptors (Lipinski definition) is 2. The predicted molar refractivity (Wildman–Crippen MR) is 67.4 cm³/mol. The first-order chi connectivity index (χ1) is 7.91. The number of aryl methyl sites for hydroxylation is 2. The van der Waals surface area contributed by atoms with Crippen molar-refractivity contribution < 1.29 is 14.6 Å². The van der Waals surface area contributed by atoms with Crippen LogP contribution in [0.15, 0.2) is 18.2 Å². The van der Waals surface area contributed by atoms with Crippen molar-refractivity contribution in [1.29, 1.82) is 0 Å². The number of hydrogen-bond donors (Lipinski definition) is 1. The Morgan fingerprint density at radius 2 is 2.00 bits per heavy atom. The van der Waals surface area contributed by atoms with Crippen LogP contribution in [-0.4, -0.2) is 24.8 Å². The zero-order valence-corrected chi connectivity index (χ0v) is 10.9. The molecule has 17 heavy (non-hydrogen) atoms. The highest BCUT2D eigenvalue weighted by molar-refractivity contribution is 5.81. The molecule has 1 aromatic carbocycles. The molecule has 0 aliphatic heterocycles. The monoisotopic (exact) mass is 236 g/mol. The number of carbonyl (C=O) groups is 1. The van der Waals surface area contributed by atoms with Gasteiger partial charge in [0.25, 0.3) is 0 Å². The van der Waals surface area contributed by atoms with Crippen molar-refractivity contribution >= 4 is 5.97 Å². The average molecular weight is 236 g/mol. The molecule has 94 valence electrons. The van der Waals surface area contributed by atoms with E-state index in [-0.39, 0.29) is 0 Å². The van der Waals surface area contributed by atoms with Gasteiger partial charge in [-0.15, -0.1) is 0 Å². The van der Waals surface area contributed by atoms with Crippen LogP contribution in [0.5, 0.6) is 0 Å². The Labute approximate surface area is 102 Å². The van der Waals surface area contributed by atoms with E-state index in [1.165, 1.54) is 5.56 Å². The van der Waals surface area contributed by atoms with Gasteiger partial charge in [-0.1, -0.05) is 18.2 Å². The lowest BCUT2D eigenvalue weighted by atomic mass is 9.79. The first-order valence-electron chi connectivity index (χ1n) is 5.72. The summed E-state index contributed by atoms with van der Waals surface area (Å²) in [4.78, 5) is 11.5. The topological polar surface area (TPSA) is 46.5 Å². The molecule has 0 bridgehead atoms. The molecular weight excluding hydrogens is 216 g/mol. The van der Waals surface area contributed by atoms with Crippen LogP contribution >= 0.6 is 0 Å². The number of carboxylic acid groups (broad SMARTS) is 1. The van der Waals surface area contributed by atoms with Gasteiger partial charge in [0.05, 0.1) is 5.41 Å². The minimum absolute atomic E-state index is 0.440. The summed E-state index contributed by atoms with van der Waals surface area (Å²) in [6.45, 7) is 6.21. The number of rotatable bonds is 5. The zero-order valence-electron chi connectivity index (χ0n) is 10.9. The smallest absolute Gasteiger partial charge is 0.313 e. The van der Waals surface area contributed by atoms with Gasteiger partial charge in [-0.3, -0.25) is 4.79 Å². The fourth-order valence-electron chi connectivity index (χ4n) is 1.77. The lowest BCUT2D eigenvalue weighted by molar-refractivity contribution is -0.143. The molecule has 1 N–H and O–H groups in total. The second-order valence-electron chi connectivity index (χ2n) is 4.68. The van der Waals surface area contributed by atoms with Crippen LogP contribution in [-0.2, 0) is 14.9 Å². The third-order valence-electron chi connectivity index (χ3n) is 3.42. The van der Waals surface area contributed by atoms with Crippen molar-refractivity contribution in [2.24, 2.45) is 0 Å². The Hall–Kier alpha value is -1.35. The minimum Gasteiger partial charge on any atom is -0.481 e. The number of ether oxygens (including phenoxy) is 1. The fraction of sp³-hybridized carbons (Fsp3) is 0.500. The predicted octanol–water partition coefficient (Wildman–Crippen LogP) is 2.68. The van der Waals surface area contributed by atoms with E-state index in [4.69, 9.17) is 4.74 Å². The van der Waals surface area contributed by atoms with Gasteiger partial charge in [-0.25, -0.2) is 0 Å². The quantitative estimate of drug-likeness (QED) is 0.855. The maximum atomic E-state index is 11.5. The van der Waals surface area contributed by atoms with E-state index in [0.717, 1.165) is 11.1 Å². The van der Waals surface area contributed by atoms with E-state index in [1.807, 2.05) is 32.0 Å². The Morgan fingerprint density at radius 3 is 2.47 bits per heavy atom. The van der Waals surface area contributed by atoms with E-state index in [2.05, 4.69) is 0 Å². The van der Waals surface area contributed by atoms with Crippen molar-refractivity contribution in [3.63, 3.8) is 0 Å². The van der Waals surface area contributed by atoms with E-state index >= 15 is 0 Å². The van der Waals surface area contributed by atoms with Crippen LogP contribution in [0.4, 0.5) is 0 Å². The third-order valence-corrected chi connectivity index (χ3v) is 3.42. The summed E-state index contributed by atoms with van der Waals surface area (Å²) in [7, 11) is 1.59. The molecule has 0 fully saturated rings. The molecule has 3 heteroatoms. The van der Waals surface area contributed by atoms with Crippen LogP contribution in [0, 0.1) is 13.8 Å². The molecule has 0 saturated carbocycles. The maximum absolute atomic E-state index is 11.5. The summed E-state index contributed by atoms with van der Waals surface area (Å²) in [6.07, 6.45) is 0.474. The van der Waals surface area contributed by atoms with Gasteiger partial charge in [-0.2, -0.15) is 0 Å². The van der Waals surface area contributed by atoms with Gasteiger partial charge in [0.15, 0.2) is 0 Å². The minimum atomic E-state index is -0.880. The van der Waals surface area contributed by atoms with Crippen molar-refractivity contribution in [2.75, 3.05) is 13.7 Å². The Bertz CT molecular complexity index is 412. The second-order valence-corrected chi connectivity index (χ2v) is 4.68. The molecule has 0 saturated heterocycles. The zero-order chi connectivity index (χ0) is 13.1. The maximum Gasteiger partial charge on any atom is 0.313 e. The van der Waals surface area contributed by atoms with Gasteiger partial charge < -0.3 is 9.84 Å². The molecule has 1 rings (SSSR count). The Morgan fingerprint density at radius 1 is 1.35 bits per heavy atom. The lowest BCUT2D eigenvalue weighted by Crippen LogP contribution is -2.33. The molecule has 0 radical (unpaired) electrons. The Balaban J connectivity index is 3.13. The molecule has 0 aliphatic carbocycles. The van der Waals surface area contributed by atoms with Gasteiger partial charge in [0, 0.05) is 13.7 Å². The lowest BCUT2D eigenvalue weighted by Gasteiger charge is -2.25. The molecule has 3 nitrogen and oxygen atoms in total. The molecule has 0 aromatic heterocycles. The first kappa shape index (κ1) is 13.7. The number of benzene rings is 1. The molecule has 0 spiro atoms. The van der Waals surface area contributed by atoms with Crippen LogP contribution in [0.1, 0.15) is 30.0 Å². The summed E-state index contributed by atoms with van der Waals surface area (Å²) >= 11 is 0. The van der Waals surface area contributed by atoms with Gasteiger partial charge in [0.2, 0.25) is 0 Å². The van der Waals surface area contributed by atoms with Crippen LogP contribution in [0.25, 0.3) is 0 Å². The summed E-state index contributed by atoms with van der Waals surface area (Å²) in [5, 5.41) is 9.42. The fourth-order valence-corrected chi connectivity index (χ4v) is 1.77. The molecule has 0 aliphatic rings. The van der Waals surface area contributed by atoms with Crippen molar-refractivity contribution in [3.8, 4) is 0 Å². The van der Waals surface area contributed by atoms with Crippen LogP contribution in [0.3, 0.4) is 0 Å². The molecule has 1 aromatic rings. The van der Waals surface area contributed by atoms with Crippen LogP contribution < -0.4 is 0 Å². The van der Waals surface area contributed by atoms with Crippen molar-refractivity contribution in [2.45, 2.75) is 32.6 Å². The highest BCUT2D eigenvalue weighted by atomic mass is 16.5. The normalized spacial score (nSPS) is 14.4. The van der Waals surface area contributed by atoms with Crippen molar-refractivity contribution in [1.82, 2.24) is 0 Å². The van der Waals surface area contributed by atoms with E-state index in [1.54, 1.807) is 14.0 Å². The highest BCUT2D eigenvalue weighted by Crippen LogP contribution is 2.29. The third kappa shape index (κ3) is 2.86. The summed E-state index contributed by atoms with van der Waals surface area (Å²) < 4.78 is 5.00. The summed E-state index contributed by atoms with van der Waals surface area (Å²) in [6, 6.07) is 5.82. The largest absolute Gasteiger partial charge is 0.481 e. The SMILES string of the molecule is COCCC(C)(C(=O)O)c1ccc(C)c(C)c1.